The van der Waals surface area contributed by atoms with Crippen LogP contribution in [-0.2, 0) is 5.41 Å². The van der Waals surface area contributed by atoms with Crippen molar-refractivity contribution < 1.29 is 0 Å². The third kappa shape index (κ3) is 5.28. The maximum atomic E-state index is 2.48. The van der Waals surface area contributed by atoms with E-state index in [4.69, 9.17) is 0 Å². The summed E-state index contributed by atoms with van der Waals surface area (Å²) < 4.78 is 4.79. The van der Waals surface area contributed by atoms with E-state index < -0.39 is 5.41 Å². The van der Waals surface area contributed by atoms with Gasteiger partial charge in [-0.3, -0.25) is 0 Å². The molecular formula is C61H41N3. The lowest BCUT2D eigenvalue weighted by Crippen LogP contribution is -2.28. The van der Waals surface area contributed by atoms with Gasteiger partial charge < -0.3 is 14.0 Å². The molecule has 0 aliphatic heterocycles. The van der Waals surface area contributed by atoms with Crippen LogP contribution in [0.5, 0.6) is 0 Å². The fourth-order valence-corrected chi connectivity index (χ4v) is 10.9. The quantitative estimate of drug-likeness (QED) is 0.156. The van der Waals surface area contributed by atoms with Crippen LogP contribution in [0.15, 0.2) is 249 Å². The number of hydrogen-bond acceptors (Lipinski definition) is 1. The average Bonchev–Trinajstić information content (AvgIpc) is 3.99. The van der Waals surface area contributed by atoms with Gasteiger partial charge in [0.25, 0.3) is 0 Å². The van der Waals surface area contributed by atoms with Crippen molar-refractivity contribution in [2.24, 2.45) is 0 Å². The Hall–Kier alpha value is -8.40. The number of hydrogen-bond donors (Lipinski definition) is 0. The van der Waals surface area contributed by atoms with Crippen molar-refractivity contribution >= 4 is 60.7 Å². The van der Waals surface area contributed by atoms with Crippen LogP contribution in [0.2, 0.25) is 0 Å². The topological polar surface area (TPSA) is 13.1 Å². The fourth-order valence-electron chi connectivity index (χ4n) is 10.9. The first kappa shape index (κ1) is 36.3. The summed E-state index contributed by atoms with van der Waals surface area (Å²) in [6, 6.07) is 91.4. The summed E-state index contributed by atoms with van der Waals surface area (Å²) in [7, 11) is 0. The van der Waals surface area contributed by atoms with E-state index in [9.17, 15) is 0 Å². The summed E-state index contributed by atoms with van der Waals surface area (Å²) >= 11 is 0. The van der Waals surface area contributed by atoms with Gasteiger partial charge in [0.15, 0.2) is 0 Å². The Bertz CT molecular complexity index is 3520. The van der Waals surface area contributed by atoms with Gasteiger partial charge in [0.05, 0.1) is 27.5 Å². The molecule has 0 saturated carbocycles. The third-order valence-electron chi connectivity index (χ3n) is 13.6. The molecule has 0 spiro atoms. The third-order valence-corrected chi connectivity index (χ3v) is 13.6. The lowest BCUT2D eigenvalue weighted by Gasteiger charge is -2.35. The van der Waals surface area contributed by atoms with Crippen LogP contribution in [0, 0.1) is 0 Å². The smallest absolute Gasteiger partial charge is 0.0714 e. The lowest BCUT2D eigenvalue weighted by molar-refractivity contribution is 0.768. The van der Waals surface area contributed by atoms with Crippen molar-refractivity contribution in [3.8, 4) is 22.5 Å². The molecular weight excluding hydrogens is 775 g/mol. The molecule has 0 radical (unpaired) electrons. The minimum atomic E-state index is -0.532. The second-order valence-electron chi connectivity index (χ2n) is 16.9. The number of aromatic nitrogens is 2. The predicted molar refractivity (Wildman–Crippen MR) is 267 cm³/mol. The molecule has 300 valence electrons. The molecule has 64 heavy (non-hydrogen) atoms. The highest BCUT2D eigenvalue weighted by molar-refractivity contribution is 6.12. The van der Waals surface area contributed by atoms with Crippen LogP contribution in [0.1, 0.15) is 22.3 Å². The Morgan fingerprint density at radius 3 is 1.20 bits per heavy atom. The highest BCUT2D eigenvalue weighted by Crippen LogP contribution is 2.57. The first-order chi connectivity index (χ1) is 31.8. The first-order valence-electron chi connectivity index (χ1n) is 22.1. The van der Waals surface area contributed by atoms with E-state index in [-0.39, 0.29) is 0 Å². The van der Waals surface area contributed by atoms with Crippen LogP contribution < -0.4 is 4.90 Å². The molecule has 0 atom stereocenters. The SMILES string of the molecule is c1ccc(-n2c3ccccc3c3cc(N(c4ccc5c(c4)C(c4ccccc4)(c4ccccc4)c4ccccc4-5)c4ccc5c(c4)c4ccccc4n5-c4ccccc4)ccc32)cc1. The van der Waals surface area contributed by atoms with Crippen molar-refractivity contribution in [2.45, 2.75) is 5.41 Å². The van der Waals surface area contributed by atoms with Crippen molar-refractivity contribution in [3.63, 3.8) is 0 Å². The van der Waals surface area contributed by atoms with Crippen molar-refractivity contribution in [2.75, 3.05) is 4.90 Å². The number of anilines is 3. The lowest BCUT2D eigenvalue weighted by atomic mass is 9.67. The maximum Gasteiger partial charge on any atom is 0.0714 e. The van der Waals surface area contributed by atoms with Crippen LogP contribution >= 0.6 is 0 Å². The fraction of sp³-hybridized carbons (Fsp3) is 0.0164. The van der Waals surface area contributed by atoms with Crippen LogP contribution in [0.3, 0.4) is 0 Å². The number of para-hydroxylation sites is 4. The van der Waals surface area contributed by atoms with Gasteiger partial charge in [-0.25, -0.2) is 0 Å². The Kier molecular flexibility index (Phi) is 8.13. The molecule has 10 aromatic carbocycles. The Morgan fingerprint density at radius 1 is 0.281 bits per heavy atom. The molecule has 13 rings (SSSR count). The number of nitrogens with zero attached hydrogens (tertiary/aromatic N) is 3. The van der Waals surface area contributed by atoms with E-state index in [1.807, 2.05) is 0 Å². The van der Waals surface area contributed by atoms with Crippen LogP contribution in [-0.4, -0.2) is 9.13 Å². The molecule has 1 aliphatic rings. The molecule has 0 N–H and O–H groups in total. The van der Waals surface area contributed by atoms with E-state index in [1.54, 1.807) is 0 Å². The zero-order valence-corrected chi connectivity index (χ0v) is 35.0. The molecule has 2 aromatic heterocycles. The number of rotatable bonds is 7. The zero-order chi connectivity index (χ0) is 42.2. The van der Waals surface area contributed by atoms with Crippen molar-refractivity contribution in [3.05, 3.63) is 271 Å². The van der Waals surface area contributed by atoms with E-state index >= 15 is 0 Å². The minimum Gasteiger partial charge on any atom is -0.310 e. The molecule has 0 bridgehead atoms. The molecule has 2 heterocycles. The Labute approximate surface area is 372 Å². The molecule has 0 fully saturated rings. The summed E-state index contributed by atoms with van der Waals surface area (Å²) in [6.45, 7) is 0. The van der Waals surface area contributed by atoms with E-state index in [0.717, 1.165) is 28.4 Å². The van der Waals surface area contributed by atoms with Gasteiger partial charge in [0, 0.05) is 50.0 Å². The molecule has 0 saturated heterocycles. The summed E-state index contributed by atoms with van der Waals surface area (Å²) in [5, 5.41) is 4.86. The number of benzene rings is 10. The summed E-state index contributed by atoms with van der Waals surface area (Å²) in [4.78, 5) is 2.48. The van der Waals surface area contributed by atoms with E-state index in [1.165, 1.54) is 77.0 Å². The zero-order valence-electron chi connectivity index (χ0n) is 35.0. The Morgan fingerprint density at radius 2 is 0.672 bits per heavy atom. The molecule has 3 nitrogen and oxygen atoms in total. The van der Waals surface area contributed by atoms with Gasteiger partial charge >= 0.3 is 0 Å². The summed E-state index contributed by atoms with van der Waals surface area (Å²) in [5.74, 6) is 0. The number of fused-ring (bicyclic) bond motifs is 9. The van der Waals surface area contributed by atoms with Gasteiger partial charge in [0.1, 0.15) is 0 Å². The minimum absolute atomic E-state index is 0.532. The average molecular weight is 816 g/mol. The second-order valence-corrected chi connectivity index (χ2v) is 16.9. The van der Waals surface area contributed by atoms with Gasteiger partial charge in [-0.15, -0.1) is 0 Å². The summed E-state index contributed by atoms with van der Waals surface area (Å²) in [5.41, 5.74) is 17.4. The largest absolute Gasteiger partial charge is 0.310 e. The highest BCUT2D eigenvalue weighted by Gasteiger charge is 2.46. The molecule has 0 unspecified atom stereocenters. The van der Waals surface area contributed by atoms with Gasteiger partial charge in [-0.1, -0.05) is 164 Å². The normalized spacial score (nSPS) is 12.8. The second kappa shape index (κ2) is 14.3. The molecule has 1 aliphatic carbocycles. The van der Waals surface area contributed by atoms with Crippen molar-refractivity contribution in [1.29, 1.82) is 0 Å². The molecule has 3 heteroatoms. The van der Waals surface area contributed by atoms with Crippen LogP contribution in [0.25, 0.3) is 66.1 Å². The molecule has 0 amide bonds. The maximum absolute atomic E-state index is 2.48. The van der Waals surface area contributed by atoms with Gasteiger partial charge in [0.2, 0.25) is 0 Å². The monoisotopic (exact) mass is 815 g/mol. The summed E-state index contributed by atoms with van der Waals surface area (Å²) in [6.07, 6.45) is 0. The van der Waals surface area contributed by atoms with Gasteiger partial charge in [-0.2, -0.15) is 0 Å². The van der Waals surface area contributed by atoms with Gasteiger partial charge in [-0.05, 0) is 118 Å². The Balaban J connectivity index is 1.10. The first-order valence-corrected chi connectivity index (χ1v) is 22.1. The van der Waals surface area contributed by atoms with Crippen molar-refractivity contribution in [1.82, 2.24) is 9.13 Å². The molecule has 12 aromatic rings. The highest BCUT2D eigenvalue weighted by atomic mass is 15.1. The van der Waals surface area contributed by atoms with E-state index in [2.05, 4.69) is 263 Å². The van der Waals surface area contributed by atoms with Crippen LogP contribution in [0.4, 0.5) is 17.1 Å². The van der Waals surface area contributed by atoms with E-state index in [0.29, 0.717) is 0 Å². The predicted octanol–water partition coefficient (Wildman–Crippen LogP) is 15.7. The standard InChI is InChI=1S/C61H41N3/c1-5-19-42(20-6-1)61(43-21-7-2-8-22-43)55-30-16-13-27-49(55)50-36-33-48(41-56(50)61)62(46-34-37-59-53(39-46)51-28-14-17-31-57(51)63(59)44-23-9-3-10-24-44)47-35-38-60-54(40-47)52-29-15-18-32-58(52)64(60)45-25-11-4-12-26-45/h1-41H.